The third-order valence-corrected chi connectivity index (χ3v) is 4.51. The highest BCUT2D eigenvalue weighted by Gasteiger charge is 2.23. The van der Waals surface area contributed by atoms with Crippen LogP contribution in [-0.2, 0) is 0 Å². The van der Waals surface area contributed by atoms with E-state index in [9.17, 15) is 4.79 Å². The van der Waals surface area contributed by atoms with Crippen LogP contribution in [0.1, 0.15) is 6.42 Å². The van der Waals surface area contributed by atoms with Crippen LogP contribution in [0, 0.1) is 0 Å². The molecule has 4 rings (SSSR count). The molecule has 0 radical (unpaired) electrons. The van der Waals surface area contributed by atoms with Crippen molar-refractivity contribution in [3.8, 4) is 11.3 Å². The molecule has 3 aromatic rings. The molecule has 0 atom stereocenters. The minimum atomic E-state index is -0.255. The second kappa shape index (κ2) is 7.63. The summed E-state index contributed by atoms with van der Waals surface area (Å²) >= 11 is 6.11. The Balaban J connectivity index is 1.69. The number of nitrogens with zero attached hydrogens (tertiary/aromatic N) is 3. The van der Waals surface area contributed by atoms with Gasteiger partial charge in [0.2, 0.25) is 0 Å². The highest BCUT2D eigenvalue weighted by Crippen LogP contribution is 2.31. The van der Waals surface area contributed by atoms with Gasteiger partial charge in [-0.25, -0.2) is 14.8 Å². The lowest BCUT2D eigenvalue weighted by molar-refractivity contribution is 0.256. The lowest BCUT2D eigenvalue weighted by Gasteiger charge is -2.22. The first-order chi connectivity index (χ1) is 13.2. The third kappa shape index (κ3) is 3.85. The van der Waals surface area contributed by atoms with E-state index >= 15 is 0 Å². The highest BCUT2D eigenvalue weighted by molar-refractivity contribution is 6.30. The van der Waals surface area contributed by atoms with Crippen LogP contribution < -0.4 is 15.5 Å². The fourth-order valence-corrected chi connectivity index (χ4v) is 3.17. The molecule has 136 valence electrons. The zero-order chi connectivity index (χ0) is 18.6. The van der Waals surface area contributed by atoms with Crippen molar-refractivity contribution in [3.05, 3.63) is 65.8 Å². The van der Waals surface area contributed by atoms with Crippen LogP contribution in [0.2, 0.25) is 5.02 Å². The van der Waals surface area contributed by atoms with Crippen LogP contribution in [0.25, 0.3) is 11.3 Å². The van der Waals surface area contributed by atoms with Crippen molar-refractivity contribution in [2.45, 2.75) is 6.42 Å². The number of urea groups is 1. The Hall–Kier alpha value is -3.12. The molecule has 2 amide bonds. The lowest BCUT2D eigenvalue weighted by Crippen LogP contribution is -2.36. The van der Waals surface area contributed by atoms with Crippen LogP contribution in [-0.4, -0.2) is 29.1 Å². The quantitative estimate of drug-likeness (QED) is 0.679. The van der Waals surface area contributed by atoms with Gasteiger partial charge in [0.05, 0.1) is 11.4 Å². The fraction of sp³-hybridized carbons (Fsp3) is 0.150. The summed E-state index contributed by atoms with van der Waals surface area (Å²) in [6, 6.07) is 16.5. The smallest absolute Gasteiger partial charge is 0.328 e. The molecule has 0 spiro atoms. The molecule has 27 heavy (non-hydrogen) atoms. The molecule has 0 saturated carbocycles. The maximum Gasteiger partial charge on any atom is 0.328 e. The zero-order valence-corrected chi connectivity index (χ0v) is 15.3. The number of nitrogens with one attached hydrogen (secondary N) is 2. The molecule has 1 aromatic carbocycles. The number of carbonyl (C=O) groups excluding carboxylic acids is 1. The number of benzene rings is 1. The Morgan fingerprint density at radius 1 is 1.15 bits per heavy atom. The molecule has 1 aliphatic rings. The third-order valence-electron chi connectivity index (χ3n) is 4.27. The number of fused-ring (bicyclic) bond motifs is 1. The normalized spacial score (nSPS) is 13.3. The highest BCUT2D eigenvalue weighted by atomic mass is 35.5. The van der Waals surface area contributed by atoms with Crippen molar-refractivity contribution in [3.63, 3.8) is 0 Å². The van der Waals surface area contributed by atoms with Crippen LogP contribution in [0.5, 0.6) is 0 Å². The van der Waals surface area contributed by atoms with Gasteiger partial charge in [-0.3, -0.25) is 10.2 Å². The van der Waals surface area contributed by atoms with Crippen LogP contribution in [0.4, 0.5) is 22.1 Å². The maximum absolute atomic E-state index is 12.9. The van der Waals surface area contributed by atoms with Crippen molar-refractivity contribution in [2.24, 2.45) is 0 Å². The number of aromatic nitrogens is 2. The largest absolute Gasteiger partial charge is 0.382 e. The predicted octanol–water partition coefficient (Wildman–Crippen LogP) is 4.65. The summed E-state index contributed by atoms with van der Waals surface area (Å²) in [6.07, 6.45) is 2.46. The SMILES string of the molecule is O=C(Nc1ccccn1)N1CCCNc2ccc(-c3cccc(Cl)c3)nc21. The monoisotopic (exact) mass is 379 g/mol. The Labute approximate surface area is 162 Å². The van der Waals surface area contributed by atoms with Gasteiger partial charge in [0, 0.05) is 29.9 Å². The van der Waals surface area contributed by atoms with E-state index in [1.807, 2.05) is 42.5 Å². The van der Waals surface area contributed by atoms with Crippen LogP contribution in [0.3, 0.4) is 0 Å². The van der Waals surface area contributed by atoms with Crippen molar-refractivity contribution in [2.75, 3.05) is 28.6 Å². The average Bonchev–Trinajstić information content (AvgIpc) is 2.90. The number of rotatable bonds is 2. The van der Waals surface area contributed by atoms with E-state index in [0.29, 0.717) is 23.2 Å². The number of carbonyl (C=O) groups is 1. The molecule has 0 aliphatic carbocycles. The summed E-state index contributed by atoms with van der Waals surface area (Å²) in [6.45, 7) is 1.34. The lowest BCUT2D eigenvalue weighted by atomic mass is 10.1. The predicted molar refractivity (Wildman–Crippen MR) is 108 cm³/mol. The number of hydrogen-bond donors (Lipinski definition) is 2. The first-order valence-electron chi connectivity index (χ1n) is 8.71. The van der Waals surface area contributed by atoms with Crippen molar-refractivity contribution < 1.29 is 4.79 Å². The van der Waals surface area contributed by atoms with Crippen molar-refractivity contribution >= 4 is 35.0 Å². The van der Waals surface area contributed by atoms with E-state index in [1.165, 1.54) is 0 Å². The van der Waals surface area contributed by atoms with Crippen molar-refractivity contribution in [1.82, 2.24) is 9.97 Å². The number of amides is 2. The van der Waals surface area contributed by atoms with E-state index in [1.54, 1.807) is 23.2 Å². The summed E-state index contributed by atoms with van der Waals surface area (Å²) in [7, 11) is 0. The number of pyridine rings is 2. The second-order valence-electron chi connectivity index (χ2n) is 6.16. The first-order valence-corrected chi connectivity index (χ1v) is 9.09. The minimum Gasteiger partial charge on any atom is -0.382 e. The van der Waals surface area contributed by atoms with Gasteiger partial charge in [-0.1, -0.05) is 29.8 Å². The van der Waals surface area contributed by atoms with Gasteiger partial charge in [-0.2, -0.15) is 0 Å². The molecule has 2 aromatic heterocycles. The molecule has 7 heteroatoms. The van der Waals surface area contributed by atoms with Crippen LogP contribution >= 0.6 is 11.6 Å². The average molecular weight is 380 g/mol. The molecule has 3 heterocycles. The van der Waals surface area contributed by atoms with Gasteiger partial charge in [-0.15, -0.1) is 0 Å². The molecule has 2 N–H and O–H groups in total. The van der Waals surface area contributed by atoms with Gasteiger partial charge in [0.25, 0.3) is 0 Å². The molecule has 1 aliphatic heterocycles. The molecule has 6 nitrogen and oxygen atoms in total. The maximum atomic E-state index is 12.9. The van der Waals surface area contributed by atoms with Crippen molar-refractivity contribution in [1.29, 1.82) is 0 Å². The molecule has 0 saturated heterocycles. The molecule has 0 bridgehead atoms. The minimum absolute atomic E-state index is 0.255. The Kier molecular flexibility index (Phi) is 4.89. The van der Waals surface area contributed by atoms with E-state index in [2.05, 4.69) is 15.6 Å². The van der Waals surface area contributed by atoms with E-state index in [4.69, 9.17) is 16.6 Å². The molecule has 0 fully saturated rings. The Morgan fingerprint density at radius 3 is 2.89 bits per heavy atom. The van der Waals surface area contributed by atoms with Crippen LogP contribution in [0.15, 0.2) is 60.8 Å². The number of hydrogen-bond acceptors (Lipinski definition) is 4. The summed E-state index contributed by atoms with van der Waals surface area (Å²) in [5.74, 6) is 1.10. The van der Waals surface area contributed by atoms with E-state index in [0.717, 1.165) is 29.9 Å². The van der Waals surface area contributed by atoms with E-state index < -0.39 is 0 Å². The summed E-state index contributed by atoms with van der Waals surface area (Å²) in [5, 5.41) is 6.82. The van der Waals surface area contributed by atoms with Gasteiger partial charge in [-0.05, 0) is 42.8 Å². The first kappa shape index (κ1) is 17.3. The summed E-state index contributed by atoms with van der Waals surface area (Å²) < 4.78 is 0. The number of anilines is 3. The summed E-state index contributed by atoms with van der Waals surface area (Å²) in [4.78, 5) is 23.4. The Morgan fingerprint density at radius 2 is 2.07 bits per heavy atom. The van der Waals surface area contributed by atoms with Gasteiger partial charge < -0.3 is 5.32 Å². The second-order valence-corrected chi connectivity index (χ2v) is 6.59. The molecular weight excluding hydrogens is 362 g/mol. The summed E-state index contributed by atoms with van der Waals surface area (Å²) in [5.41, 5.74) is 2.49. The molecule has 0 unspecified atom stereocenters. The number of halogens is 1. The fourth-order valence-electron chi connectivity index (χ4n) is 2.98. The molecular formula is C20H18ClN5O. The van der Waals surface area contributed by atoms with Gasteiger partial charge >= 0.3 is 6.03 Å². The van der Waals surface area contributed by atoms with E-state index in [-0.39, 0.29) is 6.03 Å². The Bertz CT molecular complexity index is 964. The standard InChI is InChI=1S/C20H18ClN5O/c21-15-6-3-5-14(13-15)16-8-9-17-19(24-16)26(12-4-11-22-17)20(27)25-18-7-1-2-10-23-18/h1-3,5-10,13,22H,4,11-12H2,(H,23,25,27). The topological polar surface area (TPSA) is 70.2 Å². The van der Waals surface area contributed by atoms with Gasteiger partial charge in [0.15, 0.2) is 5.82 Å². The zero-order valence-electron chi connectivity index (χ0n) is 14.5. The van der Waals surface area contributed by atoms with Gasteiger partial charge in [0.1, 0.15) is 5.82 Å².